The second-order valence-electron chi connectivity index (χ2n) is 3.17. The third-order valence-corrected chi connectivity index (χ3v) is 2.74. The van der Waals surface area contributed by atoms with Crippen LogP contribution in [0.3, 0.4) is 0 Å². The number of rotatable bonds is 2. The number of aldehydes is 1. The standard InChI is InChI=1S/C11H5Cl2FN2O/c12-8-3-6(1-2-9(8)14)10-7(4-17)11(13)16-5-15-10/h1-5H. The van der Waals surface area contributed by atoms with Gasteiger partial charge in [-0.15, -0.1) is 0 Å². The summed E-state index contributed by atoms with van der Waals surface area (Å²) in [6.07, 6.45) is 1.77. The van der Waals surface area contributed by atoms with Crippen LogP contribution < -0.4 is 0 Å². The Morgan fingerprint density at radius 1 is 1.24 bits per heavy atom. The smallest absolute Gasteiger partial charge is 0.155 e. The topological polar surface area (TPSA) is 42.9 Å². The van der Waals surface area contributed by atoms with Crippen LogP contribution in [0.1, 0.15) is 10.4 Å². The molecule has 0 aliphatic rings. The second-order valence-corrected chi connectivity index (χ2v) is 3.94. The molecular weight excluding hydrogens is 266 g/mol. The van der Waals surface area contributed by atoms with Crippen LogP contribution in [-0.4, -0.2) is 16.3 Å². The molecule has 0 saturated carbocycles. The van der Waals surface area contributed by atoms with Gasteiger partial charge in [0.15, 0.2) is 6.29 Å². The predicted molar refractivity (Wildman–Crippen MR) is 62.8 cm³/mol. The summed E-state index contributed by atoms with van der Waals surface area (Å²) < 4.78 is 13.0. The van der Waals surface area contributed by atoms with Crippen LogP contribution in [0.25, 0.3) is 11.3 Å². The van der Waals surface area contributed by atoms with Crippen molar-refractivity contribution in [1.82, 2.24) is 9.97 Å². The Hall–Kier alpha value is -1.52. The molecule has 0 bridgehead atoms. The van der Waals surface area contributed by atoms with Gasteiger partial charge in [0.25, 0.3) is 0 Å². The van der Waals surface area contributed by atoms with E-state index in [2.05, 4.69) is 9.97 Å². The Kier molecular flexibility index (Phi) is 3.36. The molecule has 86 valence electrons. The molecule has 0 fully saturated rings. The Bertz CT molecular complexity index is 590. The Morgan fingerprint density at radius 2 is 2.00 bits per heavy atom. The molecule has 2 aromatic rings. The van der Waals surface area contributed by atoms with E-state index in [4.69, 9.17) is 23.2 Å². The van der Waals surface area contributed by atoms with Crippen LogP contribution in [0.2, 0.25) is 10.2 Å². The summed E-state index contributed by atoms with van der Waals surface area (Å²) in [7, 11) is 0. The predicted octanol–water partition coefficient (Wildman–Crippen LogP) is 3.40. The third-order valence-electron chi connectivity index (χ3n) is 2.15. The van der Waals surface area contributed by atoms with Gasteiger partial charge in [-0.25, -0.2) is 14.4 Å². The van der Waals surface area contributed by atoms with Crippen LogP contribution in [0, 0.1) is 5.82 Å². The zero-order chi connectivity index (χ0) is 12.4. The van der Waals surface area contributed by atoms with E-state index in [0.717, 1.165) is 0 Å². The number of halogens is 3. The minimum atomic E-state index is -0.539. The van der Waals surface area contributed by atoms with Gasteiger partial charge in [-0.05, 0) is 18.2 Å². The van der Waals surface area contributed by atoms with Crippen LogP contribution in [0.15, 0.2) is 24.5 Å². The van der Waals surface area contributed by atoms with Crippen molar-refractivity contribution in [3.8, 4) is 11.3 Å². The average molecular weight is 271 g/mol. The number of hydrogen-bond donors (Lipinski definition) is 0. The molecular formula is C11H5Cl2FN2O. The van der Waals surface area contributed by atoms with Gasteiger partial charge in [-0.3, -0.25) is 4.79 Å². The molecule has 6 heteroatoms. The molecule has 1 aromatic carbocycles. The van der Waals surface area contributed by atoms with Gasteiger partial charge < -0.3 is 0 Å². The van der Waals surface area contributed by atoms with Crippen molar-refractivity contribution in [2.45, 2.75) is 0 Å². The van der Waals surface area contributed by atoms with Crippen molar-refractivity contribution in [3.05, 3.63) is 46.1 Å². The molecule has 17 heavy (non-hydrogen) atoms. The number of benzene rings is 1. The quantitative estimate of drug-likeness (QED) is 0.621. The van der Waals surface area contributed by atoms with Crippen LogP contribution in [0.5, 0.6) is 0 Å². The monoisotopic (exact) mass is 270 g/mol. The maximum atomic E-state index is 13.0. The third kappa shape index (κ3) is 2.28. The Balaban J connectivity index is 2.64. The van der Waals surface area contributed by atoms with Gasteiger partial charge in [0.2, 0.25) is 0 Å². The first-order valence-corrected chi connectivity index (χ1v) is 5.30. The highest BCUT2D eigenvalue weighted by atomic mass is 35.5. The first-order chi connectivity index (χ1) is 8.13. The maximum absolute atomic E-state index is 13.0. The number of carbonyl (C=O) groups is 1. The van der Waals surface area contributed by atoms with Gasteiger partial charge in [0.1, 0.15) is 17.3 Å². The second kappa shape index (κ2) is 4.77. The van der Waals surface area contributed by atoms with E-state index in [1.165, 1.54) is 24.5 Å². The number of aromatic nitrogens is 2. The van der Waals surface area contributed by atoms with Crippen molar-refractivity contribution in [1.29, 1.82) is 0 Å². The fourth-order valence-electron chi connectivity index (χ4n) is 1.35. The van der Waals surface area contributed by atoms with Crippen molar-refractivity contribution in [2.75, 3.05) is 0 Å². The maximum Gasteiger partial charge on any atom is 0.155 e. The zero-order valence-electron chi connectivity index (χ0n) is 8.32. The number of nitrogens with zero attached hydrogens (tertiary/aromatic N) is 2. The van der Waals surface area contributed by atoms with E-state index in [1.54, 1.807) is 0 Å². The van der Waals surface area contributed by atoms with E-state index in [0.29, 0.717) is 17.5 Å². The van der Waals surface area contributed by atoms with E-state index < -0.39 is 5.82 Å². The minimum Gasteiger partial charge on any atom is -0.298 e. The Morgan fingerprint density at radius 3 is 2.65 bits per heavy atom. The Labute approximate surface area is 106 Å². The molecule has 3 nitrogen and oxygen atoms in total. The van der Waals surface area contributed by atoms with Crippen LogP contribution in [0.4, 0.5) is 4.39 Å². The fraction of sp³-hybridized carbons (Fsp3) is 0. The molecule has 0 saturated heterocycles. The van der Waals surface area contributed by atoms with Crippen molar-refractivity contribution in [3.63, 3.8) is 0 Å². The summed E-state index contributed by atoms with van der Waals surface area (Å²) in [5.41, 5.74) is 0.974. The van der Waals surface area contributed by atoms with Crippen molar-refractivity contribution in [2.24, 2.45) is 0 Å². The highest BCUT2D eigenvalue weighted by molar-refractivity contribution is 6.32. The lowest BCUT2D eigenvalue weighted by atomic mass is 10.1. The van der Waals surface area contributed by atoms with Crippen LogP contribution >= 0.6 is 23.2 Å². The normalized spacial score (nSPS) is 10.3. The summed E-state index contributed by atoms with van der Waals surface area (Å²) in [4.78, 5) is 18.5. The lowest BCUT2D eigenvalue weighted by Crippen LogP contribution is -1.95. The zero-order valence-corrected chi connectivity index (χ0v) is 9.84. The van der Waals surface area contributed by atoms with Gasteiger partial charge in [-0.2, -0.15) is 0 Å². The molecule has 0 amide bonds. The van der Waals surface area contributed by atoms with Crippen LogP contribution in [-0.2, 0) is 0 Å². The van der Waals surface area contributed by atoms with Gasteiger partial charge >= 0.3 is 0 Å². The highest BCUT2D eigenvalue weighted by Crippen LogP contribution is 2.27. The largest absolute Gasteiger partial charge is 0.298 e. The summed E-state index contributed by atoms with van der Waals surface area (Å²) in [6, 6.07) is 4.04. The highest BCUT2D eigenvalue weighted by Gasteiger charge is 2.12. The number of carbonyl (C=O) groups excluding carboxylic acids is 1. The van der Waals surface area contributed by atoms with Crippen molar-refractivity contribution < 1.29 is 9.18 Å². The summed E-state index contributed by atoms with van der Waals surface area (Å²) in [5.74, 6) is -0.539. The molecule has 0 spiro atoms. The first-order valence-electron chi connectivity index (χ1n) is 4.54. The molecule has 0 unspecified atom stereocenters. The number of hydrogen-bond acceptors (Lipinski definition) is 3. The SMILES string of the molecule is O=Cc1c(Cl)ncnc1-c1ccc(F)c(Cl)c1. The molecule has 0 atom stereocenters. The molecule has 2 rings (SSSR count). The molecule has 0 N–H and O–H groups in total. The molecule has 0 aliphatic heterocycles. The van der Waals surface area contributed by atoms with E-state index in [1.807, 2.05) is 0 Å². The van der Waals surface area contributed by atoms with Gasteiger partial charge in [0, 0.05) is 5.56 Å². The molecule has 1 heterocycles. The van der Waals surface area contributed by atoms with E-state index >= 15 is 0 Å². The molecule has 1 aromatic heterocycles. The lowest BCUT2D eigenvalue weighted by molar-refractivity contribution is 0.112. The van der Waals surface area contributed by atoms with E-state index in [-0.39, 0.29) is 15.7 Å². The molecule has 0 radical (unpaired) electrons. The van der Waals surface area contributed by atoms with Crippen molar-refractivity contribution >= 4 is 29.5 Å². The summed E-state index contributed by atoms with van der Waals surface area (Å²) >= 11 is 11.4. The molecule has 0 aliphatic carbocycles. The van der Waals surface area contributed by atoms with E-state index in [9.17, 15) is 9.18 Å². The fourth-order valence-corrected chi connectivity index (χ4v) is 1.71. The lowest BCUT2D eigenvalue weighted by Gasteiger charge is -2.05. The van der Waals surface area contributed by atoms with Gasteiger partial charge in [0.05, 0.1) is 16.3 Å². The first kappa shape index (κ1) is 12.0. The van der Waals surface area contributed by atoms with Gasteiger partial charge in [-0.1, -0.05) is 23.2 Å². The summed E-state index contributed by atoms with van der Waals surface area (Å²) in [6.45, 7) is 0. The minimum absolute atomic E-state index is 0.0467. The average Bonchev–Trinajstić information content (AvgIpc) is 2.32. The summed E-state index contributed by atoms with van der Waals surface area (Å²) in [5, 5.41) is -0.000434.